The van der Waals surface area contributed by atoms with Crippen LogP contribution in [-0.2, 0) is 14.3 Å². The van der Waals surface area contributed by atoms with E-state index in [0.717, 1.165) is 29.7 Å². The van der Waals surface area contributed by atoms with Crippen LogP contribution in [0.4, 0.5) is 5.82 Å². The van der Waals surface area contributed by atoms with E-state index in [1.54, 1.807) is 4.90 Å². The van der Waals surface area contributed by atoms with Crippen molar-refractivity contribution >= 4 is 17.6 Å². The number of carbonyl (C=O) groups is 2. The standard InChI is InChI=1S/C27H32N4O3/c1-19(2)31(24(33)17-20-13-15-34-16-14-20)18-23(32)28-27-25(21-9-5-3-6-10-21)29-26(30-27)22-11-7-4-8-12-22/h3-12,19-20H,13-18H2,1-2H3,(H,28,32)(H,29,30). The van der Waals surface area contributed by atoms with Crippen molar-refractivity contribution in [2.45, 2.75) is 39.2 Å². The molecule has 2 amide bonds. The highest BCUT2D eigenvalue weighted by Gasteiger charge is 2.25. The first-order chi connectivity index (χ1) is 16.5. The van der Waals surface area contributed by atoms with E-state index < -0.39 is 0 Å². The van der Waals surface area contributed by atoms with Crippen molar-refractivity contribution in [2.24, 2.45) is 5.92 Å². The maximum Gasteiger partial charge on any atom is 0.245 e. The molecule has 0 radical (unpaired) electrons. The van der Waals surface area contributed by atoms with E-state index in [0.29, 0.717) is 37.2 Å². The SMILES string of the molecule is CC(C)N(CC(=O)Nc1nc(-c2ccccc2)[nH]c1-c1ccccc1)C(=O)CC1CCOCC1. The van der Waals surface area contributed by atoms with Crippen molar-refractivity contribution in [1.82, 2.24) is 14.9 Å². The first kappa shape index (κ1) is 23.7. The zero-order valence-corrected chi connectivity index (χ0v) is 19.8. The van der Waals surface area contributed by atoms with Gasteiger partial charge in [0.1, 0.15) is 12.4 Å². The number of nitrogens with one attached hydrogen (secondary N) is 2. The summed E-state index contributed by atoms with van der Waals surface area (Å²) in [7, 11) is 0. The average molecular weight is 461 g/mol. The largest absolute Gasteiger partial charge is 0.381 e. The minimum Gasteiger partial charge on any atom is -0.381 e. The summed E-state index contributed by atoms with van der Waals surface area (Å²) in [6.07, 6.45) is 2.23. The lowest BCUT2D eigenvalue weighted by Crippen LogP contribution is -2.43. The Balaban J connectivity index is 1.51. The molecule has 7 nitrogen and oxygen atoms in total. The second-order valence-corrected chi connectivity index (χ2v) is 8.96. The Morgan fingerprint density at radius 1 is 1.03 bits per heavy atom. The molecule has 3 aromatic rings. The fraction of sp³-hybridized carbons (Fsp3) is 0.370. The van der Waals surface area contributed by atoms with Crippen molar-refractivity contribution < 1.29 is 14.3 Å². The van der Waals surface area contributed by atoms with Crippen LogP contribution < -0.4 is 5.32 Å². The summed E-state index contributed by atoms with van der Waals surface area (Å²) >= 11 is 0. The summed E-state index contributed by atoms with van der Waals surface area (Å²) in [5.74, 6) is 1.18. The summed E-state index contributed by atoms with van der Waals surface area (Å²) in [5.41, 5.74) is 2.58. The molecule has 1 aromatic heterocycles. The molecule has 0 atom stereocenters. The van der Waals surface area contributed by atoms with Gasteiger partial charge < -0.3 is 19.9 Å². The van der Waals surface area contributed by atoms with E-state index in [1.165, 1.54) is 0 Å². The van der Waals surface area contributed by atoms with Crippen LogP contribution in [-0.4, -0.2) is 52.5 Å². The first-order valence-corrected chi connectivity index (χ1v) is 11.9. The fourth-order valence-corrected chi connectivity index (χ4v) is 4.21. The van der Waals surface area contributed by atoms with Gasteiger partial charge in [0.15, 0.2) is 5.82 Å². The number of anilines is 1. The summed E-state index contributed by atoms with van der Waals surface area (Å²) < 4.78 is 5.40. The van der Waals surface area contributed by atoms with E-state index >= 15 is 0 Å². The molecule has 0 bridgehead atoms. The molecule has 0 aliphatic carbocycles. The highest BCUT2D eigenvalue weighted by molar-refractivity contribution is 5.97. The van der Waals surface area contributed by atoms with Crippen LogP contribution in [0.15, 0.2) is 60.7 Å². The van der Waals surface area contributed by atoms with E-state index in [2.05, 4.69) is 15.3 Å². The summed E-state index contributed by atoms with van der Waals surface area (Å²) in [6, 6.07) is 19.5. The third-order valence-electron chi connectivity index (χ3n) is 6.13. The van der Waals surface area contributed by atoms with Crippen molar-refractivity contribution in [3.63, 3.8) is 0 Å². The number of imidazole rings is 1. The Morgan fingerprint density at radius 2 is 1.65 bits per heavy atom. The number of H-pyrrole nitrogens is 1. The third kappa shape index (κ3) is 5.91. The smallest absolute Gasteiger partial charge is 0.245 e. The van der Waals surface area contributed by atoms with Crippen molar-refractivity contribution in [2.75, 3.05) is 25.1 Å². The molecular formula is C27H32N4O3. The first-order valence-electron chi connectivity index (χ1n) is 11.9. The molecule has 1 aliphatic heterocycles. The topological polar surface area (TPSA) is 87.3 Å². The fourth-order valence-electron chi connectivity index (χ4n) is 4.21. The monoisotopic (exact) mass is 460 g/mol. The highest BCUT2D eigenvalue weighted by Crippen LogP contribution is 2.29. The van der Waals surface area contributed by atoms with Gasteiger partial charge in [0.2, 0.25) is 11.8 Å². The lowest BCUT2D eigenvalue weighted by Gasteiger charge is -2.29. The van der Waals surface area contributed by atoms with Gasteiger partial charge >= 0.3 is 0 Å². The number of hydrogen-bond donors (Lipinski definition) is 2. The van der Waals surface area contributed by atoms with Crippen molar-refractivity contribution in [3.05, 3.63) is 60.7 Å². The molecular weight excluding hydrogens is 428 g/mol. The highest BCUT2D eigenvalue weighted by atomic mass is 16.5. The maximum atomic E-state index is 13.1. The molecule has 1 saturated heterocycles. The minimum absolute atomic E-state index is 0.00679. The second-order valence-electron chi connectivity index (χ2n) is 8.96. The normalized spacial score (nSPS) is 14.2. The Kier molecular flexibility index (Phi) is 7.75. The zero-order valence-electron chi connectivity index (χ0n) is 19.8. The molecule has 2 heterocycles. The van der Waals surface area contributed by atoms with Gasteiger partial charge in [0.05, 0.1) is 5.69 Å². The number of rotatable bonds is 8. The van der Waals surface area contributed by atoms with E-state index in [1.807, 2.05) is 74.5 Å². The molecule has 2 N–H and O–H groups in total. The maximum absolute atomic E-state index is 13.1. The Labute approximate surface area is 200 Å². The van der Waals surface area contributed by atoms with Gasteiger partial charge in [0, 0.05) is 36.8 Å². The predicted octanol–water partition coefficient (Wildman–Crippen LogP) is 4.74. The Bertz CT molecular complexity index is 1090. The van der Waals surface area contributed by atoms with Crippen molar-refractivity contribution in [1.29, 1.82) is 0 Å². The quantitative estimate of drug-likeness (QED) is 0.508. The molecule has 7 heteroatoms. The number of carbonyl (C=O) groups excluding carboxylic acids is 2. The number of hydrogen-bond acceptors (Lipinski definition) is 4. The van der Waals surface area contributed by atoms with Gasteiger partial charge in [-0.15, -0.1) is 0 Å². The van der Waals surface area contributed by atoms with Crippen LogP contribution in [0.2, 0.25) is 0 Å². The third-order valence-corrected chi connectivity index (χ3v) is 6.13. The minimum atomic E-state index is -0.266. The van der Waals surface area contributed by atoms with Crippen LogP contribution in [0.1, 0.15) is 33.1 Å². The van der Waals surface area contributed by atoms with E-state index in [4.69, 9.17) is 4.74 Å². The zero-order chi connectivity index (χ0) is 23.9. The lowest BCUT2D eigenvalue weighted by molar-refractivity contribution is -0.137. The number of aromatic amines is 1. The number of ether oxygens (including phenoxy) is 1. The van der Waals surface area contributed by atoms with Crippen LogP contribution in [0.25, 0.3) is 22.6 Å². The number of benzene rings is 2. The average Bonchev–Trinajstić information content (AvgIpc) is 3.27. The summed E-state index contributed by atoms with van der Waals surface area (Å²) in [6.45, 7) is 5.26. The van der Waals surface area contributed by atoms with Gasteiger partial charge in [-0.05, 0) is 32.6 Å². The van der Waals surface area contributed by atoms with Crippen LogP contribution in [0.3, 0.4) is 0 Å². The van der Waals surface area contributed by atoms with E-state index in [-0.39, 0.29) is 24.4 Å². The Hall–Kier alpha value is -3.45. The van der Waals surface area contributed by atoms with Crippen LogP contribution in [0, 0.1) is 5.92 Å². The second kappa shape index (κ2) is 11.1. The van der Waals surface area contributed by atoms with E-state index in [9.17, 15) is 9.59 Å². The molecule has 0 saturated carbocycles. The lowest BCUT2D eigenvalue weighted by atomic mass is 9.95. The molecule has 2 aromatic carbocycles. The summed E-state index contributed by atoms with van der Waals surface area (Å²) in [5, 5.41) is 2.95. The predicted molar refractivity (Wildman–Crippen MR) is 133 cm³/mol. The molecule has 1 aliphatic rings. The van der Waals surface area contributed by atoms with Crippen molar-refractivity contribution in [3.8, 4) is 22.6 Å². The molecule has 0 unspecified atom stereocenters. The van der Waals surface area contributed by atoms with Gasteiger partial charge in [-0.25, -0.2) is 4.98 Å². The molecule has 1 fully saturated rings. The molecule has 34 heavy (non-hydrogen) atoms. The van der Waals surface area contributed by atoms with Gasteiger partial charge in [-0.2, -0.15) is 0 Å². The number of nitrogens with zero attached hydrogens (tertiary/aromatic N) is 2. The Morgan fingerprint density at radius 3 is 2.26 bits per heavy atom. The van der Waals surface area contributed by atoms with Crippen LogP contribution in [0.5, 0.6) is 0 Å². The molecule has 4 rings (SSSR count). The van der Waals surface area contributed by atoms with Gasteiger partial charge in [-0.1, -0.05) is 60.7 Å². The van der Waals surface area contributed by atoms with Crippen LogP contribution >= 0.6 is 0 Å². The molecule has 178 valence electrons. The van der Waals surface area contributed by atoms with Gasteiger partial charge in [0.25, 0.3) is 0 Å². The summed E-state index contributed by atoms with van der Waals surface area (Å²) in [4.78, 5) is 35.8. The molecule has 0 spiro atoms. The number of amides is 2. The van der Waals surface area contributed by atoms with Gasteiger partial charge in [-0.3, -0.25) is 9.59 Å². The number of aromatic nitrogens is 2.